The molecule has 0 atom stereocenters. The van der Waals surface area contributed by atoms with E-state index in [0.717, 1.165) is 36.1 Å². The van der Waals surface area contributed by atoms with Crippen molar-refractivity contribution < 1.29 is 9.84 Å². The molecule has 1 fully saturated rings. The first-order valence-corrected chi connectivity index (χ1v) is 6.39. The third kappa shape index (κ3) is 2.90. The standard InChI is InChI=1S/C10H17N3O2S/c1-8-11-12-10(16-8)13-4-2-9(3-5-13)15-7-6-14/h9,14H,2-7H2,1H3. The minimum atomic E-state index is 0.107. The Kier molecular flexibility index (Phi) is 4.09. The third-order valence-corrected chi connectivity index (χ3v) is 3.57. The number of aliphatic hydroxyl groups is 1. The van der Waals surface area contributed by atoms with E-state index in [1.807, 2.05) is 6.92 Å². The van der Waals surface area contributed by atoms with Gasteiger partial charge in [-0.2, -0.15) is 0 Å². The average molecular weight is 243 g/mol. The molecule has 1 aliphatic heterocycles. The quantitative estimate of drug-likeness (QED) is 0.848. The summed E-state index contributed by atoms with van der Waals surface area (Å²) >= 11 is 1.64. The summed E-state index contributed by atoms with van der Waals surface area (Å²) in [5, 5.41) is 18.9. The number of anilines is 1. The highest BCUT2D eigenvalue weighted by Crippen LogP contribution is 2.24. The van der Waals surface area contributed by atoms with Crippen molar-refractivity contribution >= 4 is 16.5 Å². The monoisotopic (exact) mass is 243 g/mol. The van der Waals surface area contributed by atoms with Crippen LogP contribution in [0.2, 0.25) is 0 Å². The van der Waals surface area contributed by atoms with Crippen molar-refractivity contribution in [3.63, 3.8) is 0 Å². The van der Waals surface area contributed by atoms with Crippen molar-refractivity contribution in [2.75, 3.05) is 31.2 Å². The van der Waals surface area contributed by atoms with Crippen molar-refractivity contribution in [2.45, 2.75) is 25.9 Å². The molecule has 0 saturated carbocycles. The van der Waals surface area contributed by atoms with Crippen LogP contribution in [-0.4, -0.2) is 47.7 Å². The van der Waals surface area contributed by atoms with Gasteiger partial charge in [-0.1, -0.05) is 11.3 Å². The second kappa shape index (κ2) is 5.56. The SMILES string of the molecule is Cc1nnc(N2CCC(OCCO)CC2)s1. The van der Waals surface area contributed by atoms with Gasteiger partial charge in [-0.05, 0) is 19.8 Å². The molecular formula is C10H17N3O2S. The predicted octanol–water partition coefficient (Wildman–Crippen LogP) is 0.824. The fourth-order valence-corrected chi connectivity index (χ4v) is 2.59. The summed E-state index contributed by atoms with van der Waals surface area (Å²) in [4.78, 5) is 2.25. The number of hydrogen-bond acceptors (Lipinski definition) is 6. The Morgan fingerprint density at radius 1 is 1.44 bits per heavy atom. The van der Waals surface area contributed by atoms with E-state index in [1.165, 1.54) is 0 Å². The zero-order valence-electron chi connectivity index (χ0n) is 9.43. The van der Waals surface area contributed by atoms with E-state index in [-0.39, 0.29) is 12.7 Å². The highest BCUT2D eigenvalue weighted by Gasteiger charge is 2.21. The zero-order chi connectivity index (χ0) is 11.4. The highest BCUT2D eigenvalue weighted by atomic mass is 32.1. The molecule has 0 unspecified atom stereocenters. The van der Waals surface area contributed by atoms with Crippen LogP contribution >= 0.6 is 11.3 Å². The number of rotatable bonds is 4. The van der Waals surface area contributed by atoms with Gasteiger partial charge >= 0.3 is 0 Å². The van der Waals surface area contributed by atoms with Gasteiger partial charge in [-0.3, -0.25) is 0 Å². The molecule has 0 aromatic carbocycles. The first-order chi connectivity index (χ1) is 7.79. The van der Waals surface area contributed by atoms with Gasteiger partial charge in [0.25, 0.3) is 0 Å². The summed E-state index contributed by atoms with van der Waals surface area (Å²) in [5.74, 6) is 0. The summed E-state index contributed by atoms with van der Waals surface area (Å²) in [6, 6.07) is 0. The minimum Gasteiger partial charge on any atom is -0.394 e. The van der Waals surface area contributed by atoms with Gasteiger partial charge in [0.15, 0.2) is 0 Å². The average Bonchev–Trinajstić information content (AvgIpc) is 2.74. The Bertz CT molecular complexity index is 324. The van der Waals surface area contributed by atoms with Gasteiger partial charge in [-0.25, -0.2) is 0 Å². The Morgan fingerprint density at radius 2 is 2.19 bits per heavy atom. The molecule has 1 saturated heterocycles. The van der Waals surface area contributed by atoms with Gasteiger partial charge in [0.2, 0.25) is 5.13 Å². The lowest BCUT2D eigenvalue weighted by Crippen LogP contribution is -2.37. The second-order valence-corrected chi connectivity index (χ2v) is 5.04. The first kappa shape index (κ1) is 11.8. The molecule has 2 rings (SSSR count). The van der Waals surface area contributed by atoms with Gasteiger partial charge < -0.3 is 14.7 Å². The van der Waals surface area contributed by atoms with Gasteiger partial charge in [0, 0.05) is 13.1 Å². The molecule has 1 N–H and O–H groups in total. The fraction of sp³-hybridized carbons (Fsp3) is 0.800. The summed E-state index contributed by atoms with van der Waals surface area (Å²) in [6.07, 6.45) is 2.29. The summed E-state index contributed by atoms with van der Waals surface area (Å²) < 4.78 is 5.51. The number of aliphatic hydroxyl groups excluding tert-OH is 1. The van der Waals surface area contributed by atoms with Crippen molar-refractivity contribution in [2.24, 2.45) is 0 Å². The molecule has 1 aliphatic rings. The van der Waals surface area contributed by atoms with Crippen LogP contribution in [0.1, 0.15) is 17.8 Å². The van der Waals surface area contributed by atoms with Crippen LogP contribution in [0.4, 0.5) is 5.13 Å². The molecule has 0 bridgehead atoms. The zero-order valence-corrected chi connectivity index (χ0v) is 10.2. The topological polar surface area (TPSA) is 58.5 Å². The van der Waals surface area contributed by atoms with Crippen molar-refractivity contribution in [1.29, 1.82) is 0 Å². The van der Waals surface area contributed by atoms with Crippen molar-refractivity contribution in [3.8, 4) is 0 Å². The molecule has 5 nitrogen and oxygen atoms in total. The summed E-state index contributed by atoms with van der Waals surface area (Å²) in [7, 11) is 0. The Morgan fingerprint density at radius 3 is 2.75 bits per heavy atom. The lowest BCUT2D eigenvalue weighted by Gasteiger charge is -2.31. The van der Waals surface area contributed by atoms with Crippen LogP contribution in [-0.2, 0) is 4.74 Å². The molecule has 2 heterocycles. The molecule has 0 radical (unpaired) electrons. The Hall–Kier alpha value is -0.720. The maximum Gasteiger partial charge on any atom is 0.208 e. The first-order valence-electron chi connectivity index (χ1n) is 5.57. The van der Waals surface area contributed by atoms with Crippen LogP contribution in [0.25, 0.3) is 0 Å². The molecule has 0 amide bonds. The van der Waals surface area contributed by atoms with E-state index >= 15 is 0 Å². The lowest BCUT2D eigenvalue weighted by atomic mass is 10.1. The molecule has 6 heteroatoms. The normalized spacial score (nSPS) is 18.0. The number of piperidine rings is 1. The Labute approximate surface area is 99.1 Å². The van der Waals surface area contributed by atoms with Crippen molar-refractivity contribution in [3.05, 3.63) is 5.01 Å². The van der Waals surface area contributed by atoms with Gasteiger partial charge in [-0.15, -0.1) is 10.2 Å². The maximum absolute atomic E-state index is 8.68. The molecule has 0 spiro atoms. The molecule has 1 aromatic rings. The largest absolute Gasteiger partial charge is 0.394 e. The molecule has 90 valence electrons. The smallest absolute Gasteiger partial charge is 0.208 e. The maximum atomic E-state index is 8.68. The van der Waals surface area contributed by atoms with E-state index in [4.69, 9.17) is 9.84 Å². The fourth-order valence-electron chi connectivity index (χ4n) is 1.85. The lowest BCUT2D eigenvalue weighted by molar-refractivity contribution is 0.0159. The number of nitrogens with zero attached hydrogens (tertiary/aromatic N) is 3. The van der Waals surface area contributed by atoms with Crippen molar-refractivity contribution in [1.82, 2.24) is 10.2 Å². The van der Waals surface area contributed by atoms with E-state index in [9.17, 15) is 0 Å². The molecule has 1 aromatic heterocycles. The molecule has 0 aliphatic carbocycles. The van der Waals surface area contributed by atoms with E-state index in [1.54, 1.807) is 11.3 Å². The summed E-state index contributed by atoms with van der Waals surface area (Å²) in [6.45, 7) is 4.45. The van der Waals surface area contributed by atoms with Crippen LogP contribution in [0.3, 0.4) is 0 Å². The van der Waals surface area contributed by atoms with Crippen LogP contribution in [0, 0.1) is 6.92 Å². The van der Waals surface area contributed by atoms with E-state index < -0.39 is 0 Å². The minimum absolute atomic E-state index is 0.107. The number of ether oxygens (including phenoxy) is 1. The Balaban J connectivity index is 1.81. The number of aromatic nitrogens is 2. The van der Waals surface area contributed by atoms with Crippen LogP contribution in [0.15, 0.2) is 0 Å². The predicted molar refractivity (Wildman–Crippen MR) is 62.9 cm³/mol. The second-order valence-electron chi connectivity index (χ2n) is 3.88. The molecule has 16 heavy (non-hydrogen) atoms. The van der Waals surface area contributed by atoms with E-state index in [2.05, 4.69) is 15.1 Å². The van der Waals surface area contributed by atoms with E-state index in [0.29, 0.717) is 6.61 Å². The molecular weight excluding hydrogens is 226 g/mol. The van der Waals surface area contributed by atoms with Crippen LogP contribution < -0.4 is 4.90 Å². The number of aryl methyl sites for hydroxylation is 1. The highest BCUT2D eigenvalue weighted by molar-refractivity contribution is 7.15. The van der Waals surface area contributed by atoms with Gasteiger partial charge in [0.1, 0.15) is 5.01 Å². The number of hydrogen-bond donors (Lipinski definition) is 1. The van der Waals surface area contributed by atoms with Gasteiger partial charge in [0.05, 0.1) is 19.3 Å². The third-order valence-electron chi connectivity index (χ3n) is 2.67. The van der Waals surface area contributed by atoms with Crippen LogP contribution in [0.5, 0.6) is 0 Å². The summed E-state index contributed by atoms with van der Waals surface area (Å²) in [5.41, 5.74) is 0.